The fourth-order valence-corrected chi connectivity index (χ4v) is 5.68. The lowest BCUT2D eigenvalue weighted by Crippen LogP contribution is -2.76. The molecule has 0 radical (unpaired) electrons. The number of rotatable bonds is 2. The van der Waals surface area contributed by atoms with E-state index in [1.165, 1.54) is 13.8 Å². The molecule has 0 aromatic rings. The summed E-state index contributed by atoms with van der Waals surface area (Å²) in [6.07, 6.45) is -9.86. The highest BCUT2D eigenvalue weighted by molar-refractivity contribution is 5.12. The monoisotopic (exact) mass is 434 g/mol. The third-order valence-electron chi connectivity index (χ3n) is 7.11. The molecule has 5 aliphatic rings. The second-order valence-electron chi connectivity index (χ2n) is 8.89. The van der Waals surface area contributed by atoms with Crippen molar-refractivity contribution in [1.82, 2.24) is 0 Å². The molecule has 1 saturated carbocycles. The van der Waals surface area contributed by atoms with E-state index >= 15 is 0 Å². The second-order valence-corrected chi connectivity index (χ2v) is 8.89. The van der Waals surface area contributed by atoms with Crippen LogP contribution in [0.2, 0.25) is 0 Å². The normalized spacial score (nSPS) is 50.2. The predicted molar refractivity (Wildman–Crippen MR) is 83.8 cm³/mol. The van der Waals surface area contributed by atoms with Crippen molar-refractivity contribution in [3.8, 4) is 0 Å². The van der Waals surface area contributed by atoms with Gasteiger partial charge in [0.25, 0.3) is 5.79 Å². The van der Waals surface area contributed by atoms with Gasteiger partial charge in [-0.25, -0.2) is 9.78 Å². The van der Waals surface area contributed by atoms with Crippen LogP contribution in [0.5, 0.6) is 0 Å². The van der Waals surface area contributed by atoms with E-state index < -0.39 is 54.3 Å². The van der Waals surface area contributed by atoms with Crippen LogP contribution in [-0.4, -0.2) is 42.4 Å². The summed E-state index contributed by atoms with van der Waals surface area (Å²) in [5, 5.41) is 0. The van der Waals surface area contributed by atoms with E-state index in [1.807, 2.05) is 6.92 Å². The first-order chi connectivity index (χ1) is 13.2. The van der Waals surface area contributed by atoms with Crippen molar-refractivity contribution in [2.24, 2.45) is 23.7 Å². The van der Waals surface area contributed by atoms with Gasteiger partial charge in [-0.15, -0.1) is 0 Å². The molecule has 0 aromatic heterocycles. The van der Waals surface area contributed by atoms with Crippen molar-refractivity contribution in [2.45, 2.75) is 82.3 Å². The fraction of sp³-hybridized carbons (Fsp3) is 1.00. The number of hydrogen-bond acceptors (Lipinski definition) is 5. The third kappa shape index (κ3) is 3.10. The molecule has 0 amide bonds. The molecule has 4 heterocycles. The van der Waals surface area contributed by atoms with Crippen molar-refractivity contribution in [1.29, 1.82) is 0 Å². The smallest absolute Gasteiger partial charge is 0.333 e. The van der Waals surface area contributed by atoms with Crippen molar-refractivity contribution < 1.29 is 50.3 Å². The predicted octanol–water partition coefficient (Wildman–Crippen LogP) is 4.71. The number of ether oxygens (including phenoxy) is 3. The van der Waals surface area contributed by atoms with Crippen molar-refractivity contribution >= 4 is 0 Å². The van der Waals surface area contributed by atoms with E-state index in [1.54, 1.807) is 0 Å². The highest BCUT2D eigenvalue weighted by atomic mass is 19.4. The van der Waals surface area contributed by atoms with Gasteiger partial charge in [0.1, 0.15) is 6.61 Å². The minimum atomic E-state index is -5.21. The first-order valence-corrected chi connectivity index (χ1v) is 9.74. The lowest BCUT2D eigenvalue weighted by molar-refractivity contribution is -0.599. The number of hydrogen-bond donors (Lipinski definition) is 0. The van der Waals surface area contributed by atoms with Crippen LogP contribution in [0.1, 0.15) is 46.5 Å². The molecule has 5 rings (SSSR count). The summed E-state index contributed by atoms with van der Waals surface area (Å²) < 4.78 is 96.5. The maximum atomic E-state index is 14.2. The first-order valence-electron chi connectivity index (χ1n) is 9.74. The summed E-state index contributed by atoms with van der Waals surface area (Å²) in [6, 6.07) is 0. The summed E-state index contributed by atoms with van der Waals surface area (Å²) >= 11 is 0. The number of fused-ring (bicyclic) bond motifs is 2. The summed E-state index contributed by atoms with van der Waals surface area (Å²) in [5.41, 5.74) is -1.33. The second kappa shape index (κ2) is 6.44. The summed E-state index contributed by atoms with van der Waals surface area (Å²) in [4.78, 5) is 11.2. The van der Waals surface area contributed by atoms with Crippen LogP contribution in [-0.2, 0) is 24.0 Å². The molecule has 5 nitrogen and oxygen atoms in total. The topological polar surface area (TPSA) is 46.2 Å². The van der Waals surface area contributed by atoms with Gasteiger partial charge in [-0.2, -0.15) is 26.3 Å². The zero-order valence-electron chi connectivity index (χ0n) is 16.2. The summed E-state index contributed by atoms with van der Waals surface area (Å²) in [5.74, 6) is -7.21. The van der Waals surface area contributed by atoms with Gasteiger partial charge in [-0.05, 0) is 38.0 Å². The molecule has 5 fully saturated rings. The number of halogens is 6. The maximum absolute atomic E-state index is 14.2. The van der Waals surface area contributed by atoms with E-state index in [-0.39, 0.29) is 11.8 Å². The summed E-state index contributed by atoms with van der Waals surface area (Å²) in [7, 11) is 0. The Morgan fingerprint density at radius 3 is 2.24 bits per heavy atom. The molecule has 0 aromatic carbocycles. The van der Waals surface area contributed by atoms with Crippen molar-refractivity contribution in [3.63, 3.8) is 0 Å². The van der Waals surface area contributed by atoms with Crippen LogP contribution in [0.4, 0.5) is 26.3 Å². The minimum Gasteiger partial charge on any atom is -0.333 e. The van der Waals surface area contributed by atoms with Crippen molar-refractivity contribution in [3.05, 3.63) is 0 Å². The molecule has 4 saturated heterocycles. The molecule has 8 atom stereocenters. The highest BCUT2D eigenvalue weighted by Crippen LogP contribution is 2.64. The van der Waals surface area contributed by atoms with E-state index in [9.17, 15) is 26.3 Å². The van der Waals surface area contributed by atoms with E-state index in [4.69, 9.17) is 19.2 Å². The lowest BCUT2D eigenvalue weighted by atomic mass is 9.57. The lowest BCUT2D eigenvalue weighted by Gasteiger charge is -2.62. The first kappa shape index (κ1) is 21.6. The Bertz CT molecular complexity index is 656. The molecule has 1 spiro atoms. The SMILES string of the molecule is C[C@@H]1CCC2[C@@H](C)[C@](OCC(F)(F)F)(C(F)(F)F)OC3O[C@]4(C)CCC1[C@]32OO4. The molecule has 0 N–H and O–H groups in total. The number of alkyl halides is 6. The van der Waals surface area contributed by atoms with Crippen LogP contribution < -0.4 is 0 Å². The van der Waals surface area contributed by atoms with Gasteiger partial charge in [0.2, 0.25) is 5.79 Å². The Kier molecular flexibility index (Phi) is 4.80. The van der Waals surface area contributed by atoms with Gasteiger partial charge in [0, 0.05) is 18.3 Å². The Labute approximate surface area is 163 Å². The molecular weight excluding hydrogens is 410 g/mol. The van der Waals surface area contributed by atoms with Crippen LogP contribution in [0, 0.1) is 23.7 Å². The molecular formula is C18H24F6O5. The fourth-order valence-electron chi connectivity index (χ4n) is 5.68. The maximum Gasteiger partial charge on any atom is 0.443 e. The standard InChI is InChI=1S/C18H24F6O5/c1-9-4-5-12-10(2)17(18(22,23)24,25-8-15(19,20)21)27-13-16(12)11(9)6-7-14(3,26-13)28-29-16/h9-13H,4-8H2,1-3H3/t9-,10-,11?,12?,13?,14+,16-,17-/m1/s1. The average Bonchev–Trinajstić information content (AvgIpc) is 2.81. The zero-order valence-corrected chi connectivity index (χ0v) is 16.2. The average molecular weight is 434 g/mol. The largest absolute Gasteiger partial charge is 0.443 e. The van der Waals surface area contributed by atoms with Gasteiger partial charge in [0.05, 0.1) is 0 Å². The van der Waals surface area contributed by atoms with E-state index in [0.717, 1.165) is 0 Å². The molecule has 11 heteroatoms. The van der Waals surface area contributed by atoms with Crippen LogP contribution in [0.25, 0.3) is 0 Å². The molecule has 168 valence electrons. The quantitative estimate of drug-likeness (QED) is 0.466. The highest BCUT2D eigenvalue weighted by Gasteiger charge is 2.77. The third-order valence-corrected chi connectivity index (χ3v) is 7.11. The summed E-state index contributed by atoms with van der Waals surface area (Å²) in [6.45, 7) is 2.61. The van der Waals surface area contributed by atoms with Gasteiger partial charge >= 0.3 is 12.4 Å². The van der Waals surface area contributed by atoms with Crippen LogP contribution in [0.3, 0.4) is 0 Å². The van der Waals surface area contributed by atoms with Crippen LogP contribution >= 0.6 is 0 Å². The molecule has 4 aliphatic heterocycles. The molecule has 29 heavy (non-hydrogen) atoms. The zero-order chi connectivity index (χ0) is 21.5. The van der Waals surface area contributed by atoms with Gasteiger partial charge in [0.15, 0.2) is 11.9 Å². The van der Waals surface area contributed by atoms with Crippen molar-refractivity contribution in [2.75, 3.05) is 6.61 Å². The Morgan fingerprint density at radius 1 is 0.931 bits per heavy atom. The van der Waals surface area contributed by atoms with E-state index in [2.05, 4.69) is 4.74 Å². The van der Waals surface area contributed by atoms with Crippen LogP contribution in [0.15, 0.2) is 0 Å². The molecule has 3 unspecified atom stereocenters. The minimum absolute atomic E-state index is 0.103. The van der Waals surface area contributed by atoms with Gasteiger partial charge in [-0.3, -0.25) is 0 Å². The van der Waals surface area contributed by atoms with Gasteiger partial charge in [-0.1, -0.05) is 13.8 Å². The van der Waals surface area contributed by atoms with Gasteiger partial charge < -0.3 is 14.2 Å². The Balaban J connectivity index is 1.80. The Morgan fingerprint density at radius 2 is 1.62 bits per heavy atom. The Hall–Kier alpha value is -0.620. The molecule has 2 bridgehead atoms. The van der Waals surface area contributed by atoms with E-state index in [0.29, 0.717) is 25.7 Å². The molecule has 1 aliphatic carbocycles.